The van der Waals surface area contributed by atoms with Crippen LogP contribution in [0, 0.1) is 5.92 Å². The van der Waals surface area contributed by atoms with Gasteiger partial charge in [-0.3, -0.25) is 0 Å². The SMILES string of the molecule is C=C/C(=C\C=C(/C)C(F)(F)CNCc1ccc(CC)c(CC)c1)C1CC1. The standard InChI is InChI=1S/C23H31F2N/c1-5-19-11-9-18(14-21(19)7-3)15-26-16-23(24,25)17(4)8-10-20(6-2)22-12-13-22/h6,8-11,14,22,26H,2,5,7,12-13,15-16H2,1,3-4H3/b17-8+,20-10+. The van der Waals surface area contributed by atoms with Crippen molar-refractivity contribution >= 4 is 0 Å². The molecule has 1 aliphatic rings. The molecule has 1 N–H and O–H groups in total. The fraction of sp³-hybridized carbons (Fsp3) is 0.478. The summed E-state index contributed by atoms with van der Waals surface area (Å²) in [5, 5.41) is 2.92. The number of benzene rings is 1. The van der Waals surface area contributed by atoms with E-state index in [4.69, 9.17) is 0 Å². The van der Waals surface area contributed by atoms with Gasteiger partial charge in [-0.2, -0.15) is 0 Å². The number of hydrogen-bond donors (Lipinski definition) is 1. The fourth-order valence-electron chi connectivity index (χ4n) is 3.10. The molecule has 0 atom stereocenters. The van der Waals surface area contributed by atoms with Crippen LogP contribution in [0.2, 0.25) is 0 Å². The van der Waals surface area contributed by atoms with Crippen LogP contribution in [0.25, 0.3) is 0 Å². The van der Waals surface area contributed by atoms with Gasteiger partial charge in [0.25, 0.3) is 5.92 Å². The molecule has 1 nitrogen and oxygen atoms in total. The maximum Gasteiger partial charge on any atom is 0.281 e. The number of halogens is 2. The van der Waals surface area contributed by atoms with Gasteiger partial charge < -0.3 is 5.32 Å². The van der Waals surface area contributed by atoms with Crippen LogP contribution >= 0.6 is 0 Å². The van der Waals surface area contributed by atoms with Gasteiger partial charge in [0.2, 0.25) is 0 Å². The Hall–Kier alpha value is -1.74. The lowest BCUT2D eigenvalue weighted by atomic mass is 10.00. The van der Waals surface area contributed by atoms with Crippen LogP contribution in [-0.4, -0.2) is 12.5 Å². The molecule has 0 heterocycles. The number of hydrogen-bond acceptors (Lipinski definition) is 1. The van der Waals surface area contributed by atoms with Gasteiger partial charge in [-0.1, -0.05) is 56.9 Å². The average molecular weight is 360 g/mol. The molecule has 0 spiro atoms. The van der Waals surface area contributed by atoms with E-state index in [1.807, 2.05) is 6.07 Å². The van der Waals surface area contributed by atoms with Gasteiger partial charge >= 0.3 is 0 Å². The Morgan fingerprint density at radius 2 is 1.88 bits per heavy atom. The van der Waals surface area contributed by atoms with Gasteiger partial charge in [0.1, 0.15) is 0 Å². The first kappa shape index (κ1) is 20.6. The van der Waals surface area contributed by atoms with Crippen molar-refractivity contribution in [3.05, 3.63) is 70.8 Å². The summed E-state index contributed by atoms with van der Waals surface area (Å²) in [6.07, 6.45) is 9.36. The van der Waals surface area contributed by atoms with Crippen LogP contribution in [0.3, 0.4) is 0 Å². The summed E-state index contributed by atoms with van der Waals surface area (Å²) in [5.74, 6) is -2.34. The maximum atomic E-state index is 14.4. The molecule has 1 aromatic rings. The summed E-state index contributed by atoms with van der Waals surface area (Å²) in [4.78, 5) is 0. The molecular weight excluding hydrogens is 328 g/mol. The molecule has 0 aliphatic heterocycles. The molecule has 26 heavy (non-hydrogen) atoms. The van der Waals surface area contributed by atoms with E-state index in [2.05, 4.69) is 37.9 Å². The Kier molecular flexibility index (Phi) is 7.33. The number of alkyl halides is 2. The van der Waals surface area contributed by atoms with E-state index < -0.39 is 5.92 Å². The summed E-state index contributed by atoms with van der Waals surface area (Å²) < 4.78 is 28.7. The minimum Gasteiger partial charge on any atom is -0.307 e. The highest BCUT2D eigenvalue weighted by atomic mass is 19.3. The number of aryl methyl sites for hydroxylation is 2. The van der Waals surface area contributed by atoms with Gasteiger partial charge in [0.05, 0.1) is 6.54 Å². The molecule has 0 saturated heterocycles. The van der Waals surface area contributed by atoms with Crippen molar-refractivity contribution < 1.29 is 8.78 Å². The fourth-order valence-corrected chi connectivity index (χ4v) is 3.10. The molecule has 2 rings (SSSR count). The molecule has 3 heteroatoms. The van der Waals surface area contributed by atoms with Gasteiger partial charge in [0.15, 0.2) is 0 Å². The summed E-state index contributed by atoms with van der Waals surface area (Å²) in [6.45, 7) is 9.63. The Labute approximate surface area is 156 Å². The van der Waals surface area contributed by atoms with Crippen LogP contribution in [-0.2, 0) is 19.4 Å². The lowest BCUT2D eigenvalue weighted by Gasteiger charge is -2.18. The quantitative estimate of drug-likeness (QED) is 0.505. The zero-order valence-corrected chi connectivity index (χ0v) is 16.2. The minimum absolute atomic E-state index is 0.0839. The van der Waals surface area contributed by atoms with Gasteiger partial charge in [-0.15, -0.1) is 0 Å². The van der Waals surface area contributed by atoms with Crippen molar-refractivity contribution in [2.24, 2.45) is 5.92 Å². The molecule has 0 bridgehead atoms. The average Bonchev–Trinajstić information content (AvgIpc) is 3.46. The molecule has 1 saturated carbocycles. The zero-order valence-electron chi connectivity index (χ0n) is 16.2. The van der Waals surface area contributed by atoms with Crippen molar-refractivity contribution in [1.29, 1.82) is 0 Å². The molecule has 0 radical (unpaired) electrons. The first-order valence-corrected chi connectivity index (χ1v) is 9.61. The van der Waals surface area contributed by atoms with Crippen LogP contribution in [0.15, 0.2) is 54.2 Å². The third-order valence-corrected chi connectivity index (χ3v) is 5.10. The van der Waals surface area contributed by atoms with Crippen LogP contribution < -0.4 is 5.32 Å². The lowest BCUT2D eigenvalue weighted by molar-refractivity contribution is 0.0416. The molecule has 1 aromatic carbocycles. The molecule has 0 unspecified atom stereocenters. The second-order valence-corrected chi connectivity index (χ2v) is 7.11. The molecule has 1 fully saturated rings. The topological polar surface area (TPSA) is 12.0 Å². The normalized spacial score (nSPS) is 16.0. The molecule has 0 aromatic heterocycles. The summed E-state index contributed by atoms with van der Waals surface area (Å²) in [7, 11) is 0. The Morgan fingerprint density at radius 3 is 2.46 bits per heavy atom. The Morgan fingerprint density at radius 1 is 1.19 bits per heavy atom. The van der Waals surface area contributed by atoms with Crippen LogP contribution in [0.1, 0.15) is 50.3 Å². The minimum atomic E-state index is -2.86. The first-order chi connectivity index (χ1) is 12.4. The van der Waals surface area contributed by atoms with E-state index in [1.54, 1.807) is 18.2 Å². The third kappa shape index (κ3) is 5.63. The van der Waals surface area contributed by atoms with E-state index in [-0.39, 0.29) is 12.1 Å². The maximum absolute atomic E-state index is 14.4. The lowest BCUT2D eigenvalue weighted by Crippen LogP contribution is -2.33. The number of rotatable bonds is 10. The largest absolute Gasteiger partial charge is 0.307 e. The third-order valence-electron chi connectivity index (χ3n) is 5.10. The Bertz CT molecular complexity index is 681. The highest BCUT2D eigenvalue weighted by Gasteiger charge is 2.30. The first-order valence-electron chi connectivity index (χ1n) is 9.61. The van der Waals surface area contributed by atoms with E-state index in [9.17, 15) is 8.78 Å². The summed E-state index contributed by atoms with van der Waals surface area (Å²) >= 11 is 0. The zero-order chi connectivity index (χ0) is 19.2. The number of allylic oxidation sites excluding steroid dienone is 4. The predicted octanol–water partition coefficient (Wildman–Crippen LogP) is 6.01. The van der Waals surface area contributed by atoms with Crippen molar-refractivity contribution in [3.8, 4) is 0 Å². The predicted molar refractivity (Wildman–Crippen MR) is 107 cm³/mol. The van der Waals surface area contributed by atoms with Gasteiger partial charge in [-0.05, 0) is 66.4 Å². The van der Waals surface area contributed by atoms with E-state index in [0.29, 0.717) is 12.5 Å². The molecule has 142 valence electrons. The van der Waals surface area contributed by atoms with Gasteiger partial charge in [0, 0.05) is 6.54 Å². The van der Waals surface area contributed by atoms with Crippen molar-refractivity contribution in [2.75, 3.05) is 6.54 Å². The number of nitrogens with one attached hydrogen (secondary N) is 1. The smallest absolute Gasteiger partial charge is 0.281 e. The van der Waals surface area contributed by atoms with E-state index >= 15 is 0 Å². The molecule has 1 aliphatic carbocycles. The molecule has 0 amide bonds. The summed E-state index contributed by atoms with van der Waals surface area (Å²) in [5.41, 5.74) is 4.84. The molecular formula is C23H31F2N. The van der Waals surface area contributed by atoms with Crippen LogP contribution in [0.4, 0.5) is 8.78 Å². The monoisotopic (exact) mass is 359 g/mol. The van der Waals surface area contributed by atoms with Crippen molar-refractivity contribution in [2.45, 2.75) is 58.9 Å². The second-order valence-electron chi connectivity index (χ2n) is 7.11. The van der Waals surface area contributed by atoms with Crippen molar-refractivity contribution in [3.63, 3.8) is 0 Å². The van der Waals surface area contributed by atoms with E-state index in [0.717, 1.165) is 36.8 Å². The highest BCUT2D eigenvalue weighted by Crippen LogP contribution is 2.37. The summed E-state index contributed by atoms with van der Waals surface area (Å²) in [6, 6.07) is 6.26. The Balaban J connectivity index is 1.93. The highest BCUT2D eigenvalue weighted by molar-refractivity contribution is 5.33. The van der Waals surface area contributed by atoms with E-state index in [1.165, 1.54) is 18.1 Å². The van der Waals surface area contributed by atoms with Gasteiger partial charge in [-0.25, -0.2) is 8.78 Å². The van der Waals surface area contributed by atoms with Crippen molar-refractivity contribution in [1.82, 2.24) is 5.32 Å². The van der Waals surface area contributed by atoms with Crippen LogP contribution in [0.5, 0.6) is 0 Å². The second kappa shape index (κ2) is 9.27.